The second kappa shape index (κ2) is 32.1. The van der Waals surface area contributed by atoms with Crippen molar-refractivity contribution in [2.75, 3.05) is 19.8 Å². The van der Waals surface area contributed by atoms with E-state index < -0.39 is 98.3 Å². The Balaban J connectivity index is 0.999. The molecule has 0 aliphatic carbocycles. The highest BCUT2D eigenvalue weighted by molar-refractivity contribution is 5.73. The first-order valence-corrected chi connectivity index (χ1v) is 30.3. The van der Waals surface area contributed by atoms with E-state index in [4.69, 9.17) is 66.3 Å². The van der Waals surface area contributed by atoms with Crippen LogP contribution in [0.2, 0.25) is 0 Å². The van der Waals surface area contributed by atoms with Gasteiger partial charge in [0.05, 0.1) is 65.6 Å². The highest BCUT2D eigenvalue weighted by atomic mass is 16.8. The lowest BCUT2D eigenvalue weighted by atomic mass is 9.93. The van der Waals surface area contributed by atoms with Gasteiger partial charge in [0.2, 0.25) is 5.91 Å². The Bertz CT molecular complexity index is 3140. The molecule has 4 aliphatic heterocycles. The van der Waals surface area contributed by atoms with E-state index >= 15 is 0 Å². The van der Waals surface area contributed by atoms with Crippen molar-refractivity contribution < 1.29 is 71.1 Å². The average molecular weight is 1200 g/mol. The number of fused-ring (bicyclic) bond motifs is 1. The van der Waals surface area contributed by atoms with Crippen LogP contribution in [0.5, 0.6) is 0 Å². The second-order valence-electron chi connectivity index (χ2n) is 22.3. The fourth-order valence-corrected chi connectivity index (χ4v) is 11.6. The van der Waals surface area contributed by atoms with Gasteiger partial charge in [0, 0.05) is 12.5 Å². The third kappa shape index (κ3) is 16.9. The van der Waals surface area contributed by atoms with Gasteiger partial charge in [0.1, 0.15) is 67.1 Å². The van der Waals surface area contributed by atoms with Gasteiger partial charge in [0.25, 0.3) is 0 Å². The van der Waals surface area contributed by atoms with Gasteiger partial charge in [-0.2, -0.15) is 0 Å². The lowest BCUT2D eigenvalue weighted by molar-refractivity contribution is -0.397. The van der Waals surface area contributed by atoms with Gasteiger partial charge in [-0.1, -0.05) is 218 Å². The predicted octanol–water partition coefficient (Wildman–Crippen LogP) is 10.9. The quantitative estimate of drug-likeness (QED) is 0.0462. The van der Waals surface area contributed by atoms with Gasteiger partial charge >= 0.3 is 0 Å². The molecule has 4 aliphatic rings. The highest BCUT2D eigenvalue weighted by Crippen LogP contribution is 2.41. The summed E-state index contributed by atoms with van der Waals surface area (Å²) in [7, 11) is 0. The van der Waals surface area contributed by atoms with Crippen molar-refractivity contribution in [1.82, 2.24) is 5.32 Å². The Morgan fingerprint density at radius 3 is 1.39 bits per heavy atom. The first-order valence-electron chi connectivity index (χ1n) is 30.3. The second-order valence-corrected chi connectivity index (χ2v) is 22.3. The molecule has 7 aromatic carbocycles. The number of nitrogens with one attached hydrogen (secondary N) is 1. The van der Waals surface area contributed by atoms with Crippen molar-refractivity contribution in [1.29, 1.82) is 0 Å². The first-order chi connectivity index (χ1) is 43.3. The normalized spacial score (nSPS) is 28.7. The summed E-state index contributed by atoms with van der Waals surface area (Å²) in [6.45, 7) is 8.71. The minimum absolute atomic E-state index is 0.0378. The van der Waals surface area contributed by atoms with Crippen LogP contribution in [0, 0.1) is 0 Å². The van der Waals surface area contributed by atoms with E-state index in [2.05, 4.69) is 11.9 Å². The van der Waals surface area contributed by atoms with E-state index in [0.717, 1.165) is 38.9 Å². The number of rotatable bonds is 28. The summed E-state index contributed by atoms with van der Waals surface area (Å²) in [6.07, 6.45) is -12.1. The molecule has 16 atom stereocenters. The minimum atomic E-state index is -1.26. The molecule has 0 spiro atoms. The van der Waals surface area contributed by atoms with Crippen molar-refractivity contribution in [3.05, 3.63) is 264 Å². The van der Waals surface area contributed by atoms with Gasteiger partial charge < -0.3 is 71.6 Å². The zero-order valence-electron chi connectivity index (χ0n) is 49.7. The van der Waals surface area contributed by atoms with Crippen molar-refractivity contribution in [3.8, 4) is 0 Å². The van der Waals surface area contributed by atoms with Crippen LogP contribution in [-0.4, -0.2) is 118 Å². The molecule has 88 heavy (non-hydrogen) atoms. The largest absolute Gasteiger partial charge is 0.374 e. The topological polar surface area (TPSA) is 158 Å². The summed E-state index contributed by atoms with van der Waals surface area (Å²) in [6, 6.07) is 68.1. The molecule has 0 unspecified atom stereocenters. The lowest BCUT2D eigenvalue weighted by Gasteiger charge is -2.52. The maximum Gasteiger partial charge on any atom is 0.217 e. The molecular formula is C72H79NO15. The van der Waals surface area contributed by atoms with Crippen molar-refractivity contribution in [2.45, 2.75) is 152 Å². The Morgan fingerprint density at radius 2 is 0.898 bits per heavy atom. The molecule has 0 radical (unpaired) electrons. The van der Waals surface area contributed by atoms with E-state index in [1.165, 1.54) is 6.92 Å². The predicted molar refractivity (Wildman–Crippen MR) is 326 cm³/mol. The smallest absolute Gasteiger partial charge is 0.217 e. The third-order valence-electron chi connectivity index (χ3n) is 15.9. The Morgan fingerprint density at radius 1 is 0.466 bits per heavy atom. The van der Waals surface area contributed by atoms with E-state index in [1.54, 1.807) is 6.08 Å². The van der Waals surface area contributed by atoms with Crippen LogP contribution in [-0.2, 0) is 111 Å². The number of carbonyl (C=O) groups is 1. The lowest BCUT2D eigenvalue weighted by Crippen LogP contribution is -2.70. The minimum Gasteiger partial charge on any atom is -0.374 e. The molecule has 1 amide bonds. The summed E-state index contributed by atoms with van der Waals surface area (Å²) < 4.78 is 98.1. The maximum atomic E-state index is 13.7. The van der Waals surface area contributed by atoms with Gasteiger partial charge in [-0.25, -0.2) is 0 Å². The molecule has 0 saturated carbocycles. The van der Waals surface area contributed by atoms with Gasteiger partial charge in [-0.15, -0.1) is 6.58 Å². The van der Waals surface area contributed by atoms with Crippen LogP contribution in [0.15, 0.2) is 225 Å². The van der Waals surface area contributed by atoms with E-state index in [9.17, 15) is 4.79 Å². The third-order valence-corrected chi connectivity index (χ3v) is 15.9. The first kappa shape index (κ1) is 62.8. The van der Waals surface area contributed by atoms with Gasteiger partial charge in [-0.05, 0) is 40.3 Å². The van der Waals surface area contributed by atoms with Crippen LogP contribution >= 0.6 is 0 Å². The Hall–Kier alpha value is -6.81. The molecule has 4 fully saturated rings. The number of ether oxygens (including phenoxy) is 14. The Kier molecular flexibility index (Phi) is 22.9. The maximum absolute atomic E-state index is 13.7. The average Bonchev–Trinajstić information content (AvgIpc) is 1.76. The summed E-state index contributed by atoms with van der Waals surface area (Å²) in [5.41, 5.74) is 6.36. The van der Waals surface area contributed by atoms with Crippen molar-refractivity contribution >= 4 is 5.91 Å². The van der Waals surface area contributed by atoms with Crippen LogP contribution in [0.1, 0.15) is 59.1 Å². The number of benzene rings is 7. The SMILES string of the molecule is C=CCO[C@@H]1O[C@@H](C)[C@H](OCc2ccccc2)[C@@H](OCc2ccccc2)[C@H]1O[C@H]1O[C@H](COCc2ccccc2)[C@@H](O[C@@H]2O[C@@H]3CO[C@@H](c4ccccc4)O[C@H]3[C@H](OCc3ccccc3)[C@@H]2NC(C)=O)[C@H](OCc2ccccc2)[C@H]1OCc1ccccc1. The number of amides is 1. The molecule has 4 saturated heterocycles. The molecular weight excluding hydrogens is 1120 g/mol. The summed E-state index contributed by atoms with van der Waals surface area (Å²) >= 11 is 0. The molecule has 0 bridgehead atoms. The van der Waals surface area contributed by atoms with Gasteiger partial charge in [0.15, 0.2) is 25.2 Å². The van der Waals surface area contributed by atoms with Gasteiger partial charge in [-0.3, -0.25) is 4.79 Å². The summed E-state index contributed by atoms with van der Waals surface area (Å²) in [5, 5.41) is 3.18. The van der Waals surface area contributed by atoms with Crippen LogP contribution in [0.25, 0.3) is 0 Å². The van der Waals surface area contributed by atoms with Crippen molar-refractivity contribution in [2.24, 2.45) is 0 Å². The van der Waals surface area contributed by atoms with E-state index in [1.807, 2.05) is 219 Å². The highest BCUT2D eigenvalue weighted by Gasteiger charge is 2.57. The number of carbonyl (C=O) groups excluding carboxylic acids is 1. The zero-order valence-corrected chi connectivity index (χ0v) is 49.7. The van der Waals surface area contributed by atoms with E-state index in [0.29, 0.717) is 0 Å². The zero-order chi connectivity index (χ0) is 60.3. The molecule has 462 valence electrons. The monoisotopic (exact) mass is 1200 g/mol. The number of hydrogen-bond acceptors (Lipinski definition) is 15. The molecule has 0 aromatic heterocycles. The molecule has 16 nitrogen and oxygen atoms in total. The molecule has 16 heteroatoms. The van der Waals surface area contributed by atoms with Crippen LogP contribution < -0.4 is 5.32 Å². The van der Waals surface area contributed by atoms with Crippen LogP contribution in [0.3, 0.4) is 0 Å². The standard InChI is InChI=1S/C72H79NO15/c1-4-40-76-71-68(65(79-44-54-32-18-8-19-33-54)61(49(2)83-71)77-42-52-28-14-6-15-29-52)88-72-67(81-46-56-36-22-10-23-37-56)66(80-45-55-34-20-9-21-35-55)63(58(85-72)47-75-41-51-26-12-5-13-27-51)87-70-60(73-50(3)74)64(78-43-53-30-16-7-17-31-53)62-59(84-70)48-82-69(86-62)57-38-24-11-25-39-57/h4-39,49,58-72H,1,40-48H2,2-3H3,(H,73,74)/t49-,58+,59+,60-,61-,62+,63+,64+,65+,66-,67+,68+,69+,70-,71+,72+/m0/s1. The number of hydrogen-bond donors (Lipinski definition) is 1. The van der Waals surface area contributed by atoms with Crippen LogP contribution in [0.4, 0.5) is 0 Å². The van der Waals surface area contributed by atoms with E-state index in [-0.39, 0.29) is 65.4 Å². The fraction of sp³-hybridized carbons (Fsp3) is 0.375. The molecule has 4 heterocycles. The summed E-state index contributed by atoms with van der Waals surface area (Å²) in [5.74, 6) is -0.343. The fourth-order valence-electron chi connectivity index (χ4n) is 11.6. The van der Waals surface area contributed by atoms with Crippen molar-refractivity contribution in [3.63, 3.8) is 0 Å². The molecule has 1 N–H and O–H groups in total. The molecule has 7 aromatic rings. The Labute approximate surface area is 515 Å². The summed E-state index contributed by atoms with van der Waals surface area (Å²) in [4.78, 5) is 13.7. The molecule has 11 rings (SSSR count).